The predicted molar refractivity (Wildman–Crippen MR) is 51.0 cm³/mol. The molecule has 0 unspecified atom stereocenters. The maximum atomic E-state index is 12.1. The van der Waals surface area contributed by atoms with Gasteiger partial charge in [0.05, 0.1) is 6.54 Å². The zero-order valence-corrected chi connectivity index (χ0v) is 8.99. The molecule has 0 rings (SSSR count). The van der Waals surface area contributed by atoms with Crippen molar-refractivity contribution < 1.29 is 13.2 Å². The van der Waals surface area contributed by atoms with E-state index >= 15 is 0 Å². The van der Waals surface area contributed by atoms with E-state index in [4.69, 9.17) is 5.73 Å². The van der Waals surface area contributed by atoms with Crippen LogP contribution in [-0.2, 0) is 0 Å². The summed E-state index contributed by atoms with van der Waals surface area (Å²) in [5, 5.41) is 0. The molecule has 2 N–H and O–H groups in total. The molecular weight excluding hydrogens is 193 g/mol. The van der Waals surface area contributed by atoms with Gasteiger partial charge in [-0.25, -0.2) is 0 Å². The molecule has 0 aliphatic rings. The summed E-state index contributed by atoms with van der Waals surface area (Å²) < 4.78 is 36.3. The quantitative estimate of drug-likeness (QED) is 0.753. The van der Waals surface area contributed by atoms with Gasteiger partial charge >= 0.3 is 6.18 Å². The molecule has 0 aromatic carbocycles. The topological polar surface area (TPSA) is 29.3 Å². The van der Waals surface area contributed by atoms with Gasteiger partial charge in [0.25, 0.3) is 0 Å². The van der Waals surface area contributed by atoms with E-state index in [-0.39, 0.29) is 5.41 Å². The van der Waals surface area contributed by atoms with Crippen molar-refractivity contribution >= 4 is 0 Å². The number of nitrogens with zero attached hydrogens (tertiary/aromatic N) is 1. The van der Waals surface area contributed by atoms with Crippen LogP contribution in [0, 0.1) is 5.41 Å². The highest BCUT2D eigenvalue weighted by Gasteiger charge is 2.32. The Morgan fingerprint density at radius 3 is 1.93 bits per heavy atom. The fourth-order valence-corrected chi connectivity index (χ4v) is 1.20. The lowest BCUT2D eigenvalue weighted by atomic mass is 9.93. The van der Waals surface area contributed by atoms with E-state index in [9.17, 15) is 13.2 Å². The van der Waals surface area contributed by atoms with Crippen molar-refractivity contribution in [2.75, 3.05) is 26.2 Å². The highest BCUT2D eigenvalue weighted by atomic mass is 19.4. The van der Waals surface area contributed by atoms with Crippen LogP contribution in [0.25, 0.3) is 0 Å². The van der Waals surface area contributed by atoms with E-state index in [1.807, 2.05) is 13.8 Å². The second kappa shape index (κ2) is 4.98. The second-order valence-corrected chi connectivity index (χ2v) is 4.29. The Labute approximate surface area is 83.3 Å². The normalized spacial score (nSPS) is 13.7. The molecule has 0 bridgehead atoms. The number of halogens is 3. The number of hydrogen-bond acceptors (Lipinski definition) is 2. The monoisotopic (exact) mass is 212 g/mol. The summed E-state index contributed by atoms with van der Waals surface area (Å²) >= 11 is 0. The predicted octanol–water partition coefficient (Wildman–Crippen LogP) is 1.86. The van der Waals surface area contributed by atoms with Crippen molar-refractivity contribution in [3.8, 4) is 0 Å². The Kier molecular flexibility index (Phi) is 4.88. The first-order valence-electron chi connectivity index (χ1n) is 4.69. The maximum absolute atomic E-state index is 12.1. The van der Waals surface area contributed by atoms with Gasteiger partial charge < -0.3 is 5.73 Å². The molecule has 0 heterocycles. The van der Waals surface area contributed by atoms with Gasteiger partial charge in [-0.1, -0.05) is 20.8 Å². The summed E-state index contributed by atoms with van der Waals surface area (Å²) in [6.45, 7) is 5.76. The van der Waals surface area contributed by atoms with E-state index in [2.05, 4.69) is 0 Å². The van der Waals surface area contributed by atoms with Crippen molar-refractivity contribution in [2.24, 2.45) is 11.1 Å². The van der Waals surface area contributed by atoms with Crippen molar-refractivity contribution in [2.45, 2.75) is 26.9 Å². The van der Waals surface area contributed by atoms with E-state index in [0.717, 1.165) is 0 Å². The molecule has 0 saturated heterocycles. The van der Waals surface area contributed by atoms with Gasteiger partial charge in [0.2, 0.25) is 0 Å². The van der Waals surface area contributed by atoms with Gasteiger partial charge in [-0.3, -0.25) is 4.90 Å². The Bertz CT molecular complexity index is 166. The Morgan fingerprint density at radius 2 is 1.64 bits per heavy atom. The fourth-order valence-electron chi connectivity index (χ4n) is 1.20. The van der Waals surface area contributed by atoms with Crippen LogP contribution in [0.5, 0.6) is 0 Å². The van der Waals surface area contributed by atoms with Crippen molar-refractivity contribution in [3.63, 3.8) is 0 Å². The molecule has 2 nitrogen and oxygen atoms in total. The van der Waals surface area contributed by atoms with Crippen LogP contribution in [-0.4, -0.2) is 37.3 Å². The molecule has 86 valence electrons. The van der Waals surface area contributed by atoms with E-state index < -0.39 is 12.7 Å². The van der Waals surface area contributed by atoms with Crippen LogP contribution in [0.4, 0.5) is 13.2 Å². The number of nitrogens with two attached hydrogens (primary N) is 1. The highest BCUT2D eigenvalue weighted by molar-refractivity contribution is 4.75. The maximum Gasteiger partial charge on any atom is 0.401 e. The summed E-state index contributed by atoms with van der Waals surface area (Å²) in [6.07, 6.45) is -4.12. The molecule has 5 heteroatoms. The molecule has 14 heavy (non-hydrogen) atoms. The molecule has 0 amide bonds. The molecule has 0 radical (unpaired) electrons. The number of rotatable bonds is 5. The molecule has 0 aliphatic carbocycles. The third kappa shape index (κ3) is 6.21. The summed E-state index contributed by atoms with van der Waals surface area (Å²) in [7, 11) is 0. The average Bonchev–Trinajstić information content (AvgIpc) is 2.00. The molecule has 0 spiro atoms. The lowest BCUT2D eigenvalue weighted by Crippen LogP contribution is -2.42. The van der Waals surface area contributed by atoms with E-state index in [1.165, 1.54) is 4.90 Å². The molecule has 0 atom stereocenters. The lowest BCUT2D eigenvalue weighted by molar-refractivity contribution is -0.147. The molecule has 0 aromatic heterocycles. The first kappa shape index (κ1) is 13.7. The molecule has 0 aromatic rings. The summed E-state index contributed by atoms with van der Waals surface area (Å²) in [5.74, 6) is 0. The summed E-state index contributed by atoms with van der Waals surface area (Å²) in [4.78, 5) is 1.37. The van der Waals surface area contributed by atoms with Crippen molar-refractivity contribution in [1.29, 1.82) is 0 Å². The van der Waals surface area contributed by atoms with Gasteiger partial charge in [-0.15, -0.1) is 0 Å². The first-order valence-corrected chi connectivity index (χ1v) is 4.69. The zero-order chi connectivity index (χ0) is 11.4. The Hall–Kier alpha value is -0.290. The third-order valence-corrected chi connectivity index (χ3v) is 2.05. The fraction of sp³-hybridized carbons (Fsp3) is 1.00. The van der Waals surface area contributed by atoms with Crippen LogP contribution in [0.3, 0.4) is 0 Å². The average molecular weight is 212 g/mol. The molecule has 0 saturated carbocycles. The highest BCUT2D eigenvalue weighted by Crippen LogP contribution is 2.20. The standard InChI is InChI=1S/C9H19F3N2/c1-4-14(7-9(10,11)12)6-8(2,3)5-13/h4-7,13H2,1-3H3. The SMILES string of the molecule is CCN(CC(F)(F)F)CC(C)(C)CN. The summed E-state index contributed by atoms with van der Waals surface area (Å²) in [5.41, 5.74) is 5.20. The minimum Gasteiger partial charge on any atom is -0.330 e. The van der Waals surface area contributed by atoms with Crippen LogP contribution in [0.2, 0.25) is 0 Å². The lowest BCUT2D eigenvalue weighted by Gasteiger charge is -2.31. The van der Waals surface area contributed by atoms with E-state index in [0.29, 0.717) is 19.6 Å². The van der Waals surface area contributed by atoms with Crippen LogP contribution >= 0.6 is 0 Å². The first-order chi connectivity index (χ1) is 6.20. The van der Waals surface area contributed by atoms with Crippen molar-refractivity contribution in [1.82, 2.24) is 4.90 Å². The van der Waals surface area contributed by atoms with Crippen molar-refractivity contribution in [3.05, 3.63) is 0 Å². The largest absolute Gasteiger partial charge is 0.401 e. The molecular formula is C9H19F3N2. The van der Waals surface area contributed by atoms with E-state index in [1.54, 1.807) is 6.92 Å². The van der Waals surface area contributed by atoms with Crippen LogP contribution < -0.4 is 5.73 Å². The Balaban J connectivity index is 4.17. The number of hydrogen-bond donors (Lipinski definition) is 1. The Morgan fingerprint density at radius 1 is 1.14 bits per heavy atom. The van der Waals surface area contributed by atoms with Gasteiger partial charge in [0.1, 0.15) is 0 Å². The molecule has 0 fully saturated rings. The van der Waals surface area contributed by atoms with Gasteiger partial charge in [0.15, 0.2) is 0 Å². The smallest absolute Gasteiger partial charge is 0.330 e. The minimum atomic E-state index is -4.12. The van der Waals surface area contributed by atoms with Gasteiger partial charge in [-0.2, -0.15) is 13.2 Å². The zero-order valence-electron chi connectivity index (χ0n) is 8.99. The van der Waals surface area contributed by atoms with Gasteiger partial charge in [-0.05, 0) is 18.5 Å². The summed E-state index contributed by atoms with van der Waals surface area (Å²) in [6, 6.07) is 0. The van der Waals surface area contributed by atoms with Crippen LogP contribution in [0.1, 0.15) is 20.8 Å². The number of alkyl halides is 3. The minimum absolute atomic E-state index is 0.263. The molecule has 0 aliphatic heterocycles. The van der Waals surface area contributed by atoms with Crippen LogP contribution in [0.15, 0.2) is 0 Å². The second-order valence-electron chi connectivity index (χ2n) is 4.29. The van der Waals surface area contributed by atoms with Gasteiger partial charge in [0, 0.05) is 6.54 Å². The third-order valence-electron chi connectivity index (χ3n) is 2.05.